The van der Waals surface area contributed by atoms with Crippen LogP contribution in [0.5, 0.6) is 5.75 Å². The molecule has 0 saturated heterocycles. The Balaban J connectivity index is 1.97. The summed E-state index contributed by atoms with van der Waals surface area (Å²) in [5, 5.41) is 17.1. The number of phenolic OH excluding ortho intramolecular Hbond substituents is 1. The molecule has 22 heavy (non-hydrogen) atoms. The van der Waals surface area contributed by atoms with Crippen molar-refractivity contribution in [3.63, 3.8) is 0 Å². The molecule has 0 atom stereocenters. The van der Waals surface area contributed by atoms with Crippen molar-refractivity contribution in [2.24, 2.45) is 15.9 Å². The zero-order valence-electron chi connectivity index (χ0n) is 11.4. The fourth-order valence-corrected chi connectivity index (χ4v) is 2.34. The zero-order chi connectivity index (χ0) is 15.9. The van der Waals surface area contributed by atoms with Gasteiger partial charge in [0.05, 0.1) is 11.2 Å². The van der Waals surface area contributed by atoms with Crippen LogP contribution < -0.4 is 5.73 Å². The molecule has 0 radical (unpaired) electrons. The van der Waals surface area contributed by atoms with E-state index in [9.17, 15) is 9.50 Å². The Hall–Kier alpha value is -2.05. The number of nitrogens with two attached hydrogens (primary N) is 1. The smallest absolute Gasteiger partial charge is 0.180 e. The van der Waals surface area contributed by atoms with E-state index in [-0.39, 0.29) is 21.5 Å². The molecule has 2 aromatic carbocycles. The normalized spacial score (nSPS) is 12.0. The molecule has 0 unspecified atom stereocenters. The number of rotatable bonds is 4. The maximum atomic E-state index is 13.5. The molecule has 2 aromatic rings. The second kappa shape index (κ2) is 7.82. The first-order valence-corrected chi connectivity index (χ1v) is 7.64. The van der Waals surface area contributed by atoms with Crippen LogP contribution in [0.2, 0.25) is 5.02 Å². The van der Waals surface area contributed by atoms with Gasteiger partial charge in [-0.15, -0.1) is 5.10 Å². The topological polar surface area (TPSA) is 71.0 Å². The first-order valence-electron chi connectivity index (χ1n) is 6.27. The minimum atomic E-state index is -0.642. The average molecular weight is 338 g/mol. The summed E-state index contributed by atoms with van der Waals surface area (Å²) in [5.41, 5.74) is 6.95. The third kappa shape index (κ3) is 4.75. The zero-order valence-corrected chi connectivity index (χ0v) is 13.0. The molecule has 0 aromatic heterocycles. The first-order chi connectivity index (χ1) is 10.6. The molecule has 7 heteroatoms. The van der Waals surface area contributed by atoms with Gasteiger partial charge in [-0.25, -0.2) is 4.39 Å². The summed E-state index contributed by atoms with van der Waals surface area (Å²) in [6, 6.07) is 12.0. The lowest BCUT2D eigenvalue weighted by Gasteiger charge is -2.00. The molecule has 0 fully saturated rings. The van der Waals surface area contributed by atoms with Crippen molar-refractivity contribution in [2.45, 2.75) is 5.75 Å². The van der Waals surface area contributed by atoms with E-state index in [1.807, 2.05) is 30.3 Å². The summed E-state index contributed by atoms with van der Waals surface area (Å²) in [6.07, 6.45) is 1.19. The lowest BCUT2D eigenvalue weighted by Crippen LogP contribution is -2.06. The number of thioether (sulfide) groups is 1. The summed E-state index contributed by atoms with van der Waals surface area (Å²) in [4.78, 5) is 0. The summed E-state index contributed by atoms with van der Waals surface area (Å²) in [5.74, 6) is -0.292. The van der Waals surface area contributed by atoms with Crippen molar-refractivity contribution in [3.05, 3.63) is 64.4 Å². The molecule has 3 N–H and O–H groups in total. The Morgan fingerprint density at radius 1 is 1.32 bits per heavy atom. The molecule has 2 rings (SSSR count). The third-order valence-corrected chi connectivity index (χ3v) is 3.81. The lowest BCUT2D eigenvalue weighted by atomic mass is 10.2. The third-order valence-electron chi connectivity index (χ3n) is 2.65. The number of hydrogen-bond acceptors (Lipinski definition) is 4. The van der Waals surface area contributed by atoms with Gasteiger partial charge < -0.3 is 10.8 Å². The summed E-state index contributed by atoms with van der Waals surface area (Å²) >= 11 is 7.03. The summed E-state index contributed by atoms with van der Waals surface area (Å²) in [6.45, 7) is 0. The van der Waals surface area contributed by atoms with Crippen molar-refractivity contribution in [1.82, 2.24) is 0 Å². The standard InChI is InChI=1S/C15H13ClFN3OS/c16-12-6-11(13(17)7-14(12)21)8-19-20-15(18)22-9-10-4-2-1-3-5-10/h1-8,21H,9H2,(H2,18,20). The quantitative estimate of drug-likeness (QED) is 0.507. The minimum Gasteiger partial charge on any atom is -0.506 e. The molecule has 0 amide bonds. The largest absolute Gasteiger partial charge is 0.506 e. The van der Waals surface area contributed by atoms with Gasteiger partial charge in [0, 0.05) is 17.4 Å². The van der Waals surface area contributed by atoms with E-state index in [4.69, 9.17) is 17.3 Å². The van der Waals surface area contributed by atoms with Gasteiger partial charge in [0.2, 0.25) is 0 Å². The number of aromatic hydroxyl groups is 1. The second-order valence-electron chi connectivity index (χ2n) is 4.28. The summed E-state index contributed by atoms with van der Waals surface area (Å²) in [7, 11) is 0. The highest BCUT2D eigenvalue weighted by atomic mass is 35.5. The van der Waals surface area contributed by atoms with E-state index in [0.717, 1.165) is 11.6 Å². The molecule has 0 aliphatic rings. The van der Waals surface area contributed by atoms with Crippen LogP contribution in [0, 0.1) is 5.82 Å². The van der Waals surface area contributed by atoms with Crippen LogP contribution in [0.4, 0.5) is 4.39 Å². The number of halogens is 2. The van der Waals surface area contributed by atoms with E-state index in [1.165, 1.54) is 24.0 Å². The Kier molecular flexibility index (Phi) is 5.80. The van der Waals surface area contributed by atoms with Crippen molar-refractivity contribution < 1.29 is 9.50 Å². The number of amidine groups is 1. The van der Waals surface area contributed by atoms with E-state index in [2.05, 4.69) is 10.2 Å². The molecular formula is C15H13ClFN3OS. The van der Waals surface area contributed by atoms with Crippen molar-refractivity contribution in [3.8, 4) is 5.75 Å². The Morgan fingerprint density at radius 2 is 2.05 bits per heavy atom. The fraction of sp³-hybridized carbons (Fsp3) is 0.0667. The Bertz CT molecular complexity index is 707. The van der Waals surface area contributed by atoms with Gasteiger partial charge in [-0.3, -0.25) is 0 Å². The van der Waals surface area contributed by atoms with Gasteiger partial charge in [-0.2, -0.15) is 5.10 Å². The molecule has 114 valence electrons. The highest BCUT2D eigenvalue weighted by molar-refractivity contribution is 8.13. The maximum Gasteiger partial charge on any atom is 0.180 e. The first kappa shape index (κ1) is 16.3. The number of phenols is 1. The van der Waals surface area contributed by atoms with Gasteiger partial charge in [0.15, 0.2) is 5.17 Å². The number of hydrogen-bond donors (Lipinski definition) is 2. The monoisotopic (exact) mass is 337 g/mol. The van der Waals surface area contributed by atoms with Gasteiger partial charge in [-0.1, -0.05) is 53.7 Å². The van der Waals surface area contributed by atoms with Crippen LogP contribution >= 0.6 is 23.4 Å². The van der Waals surface area contributed by atoms with Crippen LogP contribution in [-0.4, -0.2) is 16.5 Å². The van der Waals surface area contributed by atoms with Crippen LogP contribution in [0.1, 0.15) is 11.1 Å². The van der Waals surface area contributed by atoms with Gasteiger partial charge in [0.25, 0.3) is 0 Å². The van der Waals surface area contributed by atoms with Crippen molar-refractivity contribution >= 4 is 34.7 Å². The minimum absolute atomic E-state index is 0.0401. The Labute approximate surface area is 136 Å². The van der Waals surface area contributed by atoms with Crippen LogP contribution in [0.3, 0.4) is 0 Å². The predicted molar refractivity (Wildman–Crippen MR) is 90.0 cm³/mol. The van der Waals surface area contributed by atoms with E-state index < -0.39 is 5.82 Å². The number of nitrogens with zero attached hydrogens (tertiary/aromatic N) is 2. The van der Waals surface area contributed by atoms with Gasteiger partial charge in [-0.05, 0) is 11.6 Å². The van der Waals surface area contributed by atoms with E-state index in [1.54, 1.807) is 0 Å². The number of benzene rings is 2. The highest BCUT2D eigenvalue weighted by Crippen LogP contribution is 2.25. The van der Waals surface area contributed by atoms with Gasteiger partial charge in [0.1, 0.15) is 11.6 Å². The molecule has 0 heterocycles. The predicted octanol–water partition coefficient (Wildman–Crippen LogP) is 3.77. The van der Waals surface area contributed by atoms with Gasteiger partial charge >= 0.3 is 0 Å². The van der Waals surface area contributed by atoms with E-state index >= 15 is 0 Å². The molecule has 4 nitrogen and oxygen atoms in total. The van der Waals surface area contributed by atoms with Crippen LogP contribution in [-0.2, 0) is 5.75 Å². The highest BCUT2D eigenvalue weighted by Gasteiger charge is 2.05. The molecule has 0 aliphatic heterocycles. The average Bonchev–Trinajstić information content (AvgIpc) is 2.51. The van der Waals surface area contributed by atoms with Crippen LogP contribution in [0.15, 0.2) is 52.7 Å². The van der Waals surface area contributed by atoms with Crippen molar-refractivity contribution in [2.75, 3.05) is 0 Å². The Morgan fingerprint density at radius 3 is 2.77 bits per heavy atom. The van der Waals surface area contributed by atoms with Crippen molar-refractivity contribution in [1.29, 1.82) is 0 Å². The van der Waals surface area contributed by atoms with E-state index in [0.29, 0.717) is 5.75 Å². The molecule has 0 saturated carbocycles. The molecule has 0 aliphatic carbocycles. The summed E-state index contributed by atoms with van der Waals surface area (Å²) < 4.78 is 13.5. The fourth-order valence-electron chi connectivity index (χ4n) is 1.56. The molecular weight excluding hydrogens is 325 g/mol. The maximum absolute atomic E-state index is 13.5. The second-order valence-corrected chi connectivity index (χ2v) is 5.69. The SMILES string of the molecule is NC(=NN=Cc1cc(Cl)c(O)cc1F)SCc1ccccc1. The van der Waals surface area contributed by atoms with Crippen LogP contribution in [0.25, 0.3) is 0 Å². The molecule has 0 spiro atoms. The molecule has 0 bridgehead atoms. The lowest BCUT2D eigenvalue weighted by molar-refractivity contribution is 0.469.